The SMILES string of the molecule is COC(=O)C1(NC(=O)Cc2c(C)ccc(-c3ccc(Cl)cc3)c2C)CCOC(C)C1. The minimum absolute atomic E-state index is 0.130. The van der Waals surface area contributed by atoms with Gasteiger partial charge in [-0.2, -0.15) is 0 Å². The average Bonchev–Trinajstić information content (AvgIpc) is 2.71. The van der Waals surface area contributed by atoms with E-state index in [0.29, 0.717) is 24.5 Å². The van der Waals surface area contributed by atoms with Crippen LogP contribution in [-0.4, -0.2) is 37.2 Å². The van der Waals surface area contributed by atoms with Crippen molar-refractivity contribution in [3.8, 4) is 11.1 Å². The fourth-order valence-corrected chi connectivity index (χ4v) is 4.34. The zero-order valence-electron chi connectivity index (χ0n) is 17.9. The number of hydrogen-bond acceptors (Lipinski definition) is 4. The standard InChI is InChI=1S/C24H28ClNO4/c1-15-5-10-20(18-6-8-19(25)9-7-18)17(3)21(15)13-22(27)26-24(23(28)29-4)11-12-30-16(2)14-24/h5-10,16H,11-14H2,1-4H3,(H,26,27). The molecule has 0 bridgehead atoms. The molecule has 2 atom stereocenters. The van der Waals surface area contributed by atoms with Gasteiger partial charge in [0.2, 0.25) is 5.91 Å². The predicted octanol–water partition coefficient (Wildman–Crippen LogP) is 4.39. The van der Waals surface area contributed by atoms with E-state index in [-0.39, 0.29) is 18.4 Å². The smallest absolute Gasteiger partial charge is 0.331 e. The van der Waals surface area contributed by atoms with Gasteiger partial charge in [-0.25, -0.2) is 4.79 Å². The van der Waals surface area contributed by atoms with E-state index in [0.717, 1.165) is 27.8 Å². The number of amides is 1. The first-order chi connectivity index (χ1) is 14.3. The molecular weight excluding hydrogens is 402 g/mol. The van der Waals surface area contributed by atoms with Gasteiger partial charge in [0.1, 0.15) is 5.54 Å². The molecule has 2 aromatic rings. The number of esters is 1. The Balaban J connectivity index is 1.86. The molecule has 1 amide bonds. The van der Waals surface area contributed by atoms with E-state index in [1.807, 2.05) is 51.1 Å². The Kier molecular flexibility index (Phi) is 6.84. The number of nitrogens with one attached hydrogen (secondary N) is 1. The van der Waals surface area contributed by atoms with Crippen molar-refractivity contribution in [1.29, 1.82) is 0 Å². The first-order valence-corrected chi connectivity index (χ1v) is 10.5. The summed E-state index contributed by atoms with van der Waals surface area (Å²) in [4.78, 5) is 25.6. The Morgan fingerprint density at radius 3 is 2.53 bits per heavy atom. The second kappa shape index (κ2) is 9.19. The van der Waals surface area contributed by atoms with Gasteiger partial charge < -0.3 is 14.8 Å². The minimum Gasteiger partial charge on any atom is -0.467 e. The van der Waals surface area contributed by atoms with Crippen LogP contribution in [0.15, 0.2) is 36.4 Å². The second-order valence-electron chi connectivity index (χ2n) is 7.97. The number of halogens is 1. The van der Waals surface area contributed by atoms with Gasteiger partial charge in [-0.1, -0.05) is 35.9 Å². The van der Waals surface area contributed by atoms with Gasteiger partial charge in [-0.15, -0.1) is 0 Å². The average molecular weight is 430 g/mol. The highest BCUT2D eigenvalue weighted by Gasteiger charge is 2.44. The van der Waals surface area contributed by atoms with Crippen molar-refractivity contribution in [2.45, 2.75) is 51.7 Å². The summed E-state index contributed by atoms with van der Waals surface area (Å²) in [6.45, 7) is 6.31. The lowest BCUT2D eigenvalue weighted by atomic mass is 9.86. The molecule has 1 N–H and O–H groups in total. The van der Waals surface area contributed by atoms with Crippen LogP contribution in [0.1, 0.15) is 36.5 Å². The fourth-order valence-electron chi connectivity index (χ4n) is 4.21. The van der Waals surface area contributed by atoms with Crippen LogP contribution in [0.5, 0.6) is 0 Å². The summed E-state index contributed by atoms with van der Waals surface area (Å²) in [5, 5.41) is 3.65. The Bertz CT molecular complexity index is 941. The van der Waals surface area contributed by atoms with Crippen molar-refractivity contribution in [1.82, 2.24) is 5.32 Å². The number of methoxy groups -OCH3 is 1. The summed E-state index contributed by atoms with van der Waals surface area (Å²) in [6.07, 6.45) is 0.856. The minimum atomic E-state index is -1.04. The molecule has 0 aromatic heterocycles. The fraction of sp³-hybridized carbons (Fsp3) is 0.417. The zero-order valence-corrected chi connectivity index (χ0v) is 18.6. The molecule has 5 nitrogen and oxygen atoms in total. The second-order valence-corrected chi connectivity index (χ2v) is 8.41. The summed E-state index contributed by atoms with van der Waals surface area (Å²) in [6, 6.07) is 11.7. The maximum absolute atomic E-state index is 13.0. The van der Waals surface area contributed by atoms with Crippen LogP contribution >= 0.6 is 11.6 Å². The lowest BCUT2D eigenvalue weighted by Crippen LogP contribution is -2.59. The topological polar surface area (TPSA) is 64.6 Å². The maximum atomic E-state index is 13.0. The molecule has 3 rings (SSSR count). The molecule has 0 saturated carbocycles. The molecule has 2 unspecified atom stereocenters. The van der Waals surface area contributed by atoms with Crippen molar-refractivity contribution in [3.63, 3.8) is 0 Å². The van der Waals surface area contributed by atoms with E-state index in [2.05, 4.69) is 11.4 Å². The first kappa shape index (κ1) is 22.3. The monoisotopic (exact) mass is 429 g/mol. The Morgan fingerprint density at radius 2 is 1.90 bits per heavy atom. The third-order valence-corrected chi connectivity index (χ3v) is 6.10. The van der Waals surface area contributed by atoms with Crippen molar-refractivity contribution in [2.75, 3.05) is 13.7 Å². The lowest BCUT2D eigenvalue weighted by Gasteiger charge is -2.38. The van der Waals surface area contributed by atoms with Gasteiger partial charge in [0.15, 0.2) is 0 Å². The molecule has 1 fully saturated rings. The summed E-state index contributed by atoms with van der Waals surface area (Å²) in [5.41, 5.74) is 4.09. The molecule has 1 heterocycles. The summed E-state index contributed by atoms with van der Waals surface area (Å²) in [5.74, 6) is -0.622. The number of ether oxygens (including phenoxy) is 2. The van der Waals surface area contributed by atoms with Crippen molar-refractivity contribution >= 4 is 23.5 Å². The van der Waals surface area contributed by atoms with Gasteiger partial charge in [-0.05, 0) is 60.7 Å². The van der Waals surface area contributed by atoms with Crippen LogP contribution in [0.3, 0.4) is 0 Å². The number of carbonyl (C=O) groups is 2. The molecular formula is C24H28ClNO4. The van der Waals surface area contributed by atoms with Gasteiger partial charge in [-0.3, -0.25) is 4.79 Å². The molecule has 6 heteroatoms. The highest BCUT2D eigenvalue weighted by atomic mass is 35.5. The summed E-state index contributed by atoms with van der Waals surface area (Å²) >= 11 is 6.02. The molecule has 1 saturated heterocycles. The molecule has 30 heavy (non-hydrogen) atoms. The van der Waals surface area contributed by atoms with Crippen LogP contribution in [-0.2, 0) is 25.5 Å². The van der Waals surface area contributed by atoms with E-state index in [1.165, 1.54) is 7.11 Å². The quantitative estimate of drug-likeness (QED) is 0.716. The van der Waals surface area contributed by atoms with Crippen molar-refractivity contribution in [3.05, 3.63) is 58.1 Å². The highest BCUT2D eigenvalue weighted by Crippen LogP contribution is 2.30. The number of hydrogen-bond donors (Lipinski definition) is 1. The lowest BCUT2D eigenvalue weighted by molar-refractivity contribution is -0.157. The Labute approximate surface area is 182 Å². The molecule has 160 valence electrons. The number of rotatable bonds is 5. The van der Waals surface area contributed by atoms with Crippen LogP contribution in [0.2, 0.25) is 5.02 Å². The van der Waals surface area contributed by atoms with Crippen LogP contribution < -0.4 is 5.32 Å². The number of aryl methyl sites for hydroxylation is 1. The predicted molar refractivity (Wildman–Crippen MR) is 118 cm³/mol. The molecule has 1 aliphatic rings. The number of benzene rings is 2. The van der Waals surface area contributed by atoms with Crippen LogP contribution in [0, 0.1) is 13.8 Å². The van der Waals surface area contributed by atoms with Gasteiger partial charge >= 0.3 is 5.97 Å². The van der Waals surface area contributed by atoms with Crippen molar-refractivity contribution < 1.29 is 19.1 Å². The van der Waals surface area contributed by atoms with E-state index in [4.69, 9.17) is 21.1 Å². The van der Waals surface area contributed by atoms with Crippen molar-refractivity contribution in [2.24, 2.45) is 0 Å². The third kappa shape index (κ3) is 4.68. The highest BCUT2D eigenvalue weighted by molar-refractivity contribution is 6.30. The van der Waals surface area contributed by atoms with E-state index < -0.39 is 11.5 Å². The van der Waals surface area contributed by atoms with E-state index >= 15 is 0 Å². The zero-order chi connectivity index (χ0) is 21.9. The third-order valence-electron chi connectivity index (χ3n) is 5.85. The van der Waals surface area contributed by atoms with Crippen LogP contribution in [0.25, 0.3) is 11.1 Å². The number of carbonyl (C=O) groups excluding carboxylic acids is 2. The van der Waals surface area contributed by atoms with E-state index in [1.54, 1.807) is 0 Å². The van der Waals surface area contributed by atoms with Gasteiger partial charge in [0.05, 0.1) is 19.6 Å². The molecule has 0 spiro atoms. The van der Waals surface area contributed by atoms with E-state index in [9.17, 15) is 9.59 Å². The normalized spacial score (nSPS) is 21.2. The summed E-state index contributed by atoms with van der Waals surface area (Å²) < 4.78 is 10.6. The largest absolute Gasteiger partial charge is 0.467 e. The summed E-state index contributed by atoms with van der Waals surface area (Å²) in [7, 11) is 1.35. The maximum Gasteiger partial charge on any atom is 0.331 e. The van der Waals surface area contributed by atoms with Crippen LogP contribution in [0.4, 0.5) is 0 Å². The van der Waals surface area contributed by atoms with Gasteiger partial charge in [0.25, 0.3) is 0 Å². The Morgan fingerprint density at radius 1 is 1.20 bits per heavy atom. The molecule has 1 aliphatic heterocycles. The Hall–Kier alpha value is -2.37. The van der Waals surface area contributed by atoms with Gasteiger partial charge in [0, 0.05) is 24.5 Å². The molecule has 0 radical (unpaired) electrons. The molecule has 2 aromatic carbocycles. The molecule has 0 aliphatic carbocycles. The first-order valence-electron chi connectivity index (χ1n) is 10.1.